The van der Waals surface area contributed by atoms with Gasteiger partial charge in [0.05, 0.1) is 28.5 Å². The predicted octanol–water partition coefficient (Wildman–Crippen LogP) is 1.92. The van der Waals surface area contributed by atoms with E-state index >= 15 is 0 Å². The first-order valence-electron chi connectivity index (χ1n) is 10.1. The van der Waals surface area contributed by atoms with Crippen LogP contribution in [0.2, 0.25) is 0 Å². The zero-order valence-electron chi connectivity index (χ0n) is 17.4. The maximum Gasteiger partial charge on any atom is 0.338 e. The minimum Gasteiger partial charge on any atom is -0.463 e. The van der Waals surface area contributed by atoms with E-state index in [0.29, 0.717) is 37.7 Å². The molecule has 0 unspecified atom stereocenters. The Morgan fingerprint density at radius 2 is 2.16 bits per heavy atom. The van der Waals surface area contributed by atoms with Crippen LogP contribution in [0.25, 0.3) is 6.08 Å². The Bertz CT molecular complexity index is 1420. The normalized spacial score (nSPS) is 17.2. The number of thiazole rings is 1. The molecule has 0 aliphatic carbocycles. The molecule has 0 spiro atoms. The van der Waals surface area contributed by atoms with Gasteiger partial charge in [0.2, 0.25) is 6.79 Å². The Morgan fingerprint density at radius 1 is 1.31 bits per heavy atom. The summed E-state index contributed by atoms with van der Waals surface area (Å²) in [5.74, 6) is 0.687. The number of carbonyl (C=O) groups excluding carboxylic acids is 1. The molecule has 9 heteroatoms. The standard InChI is InChI=1S/C23H19N3O5S/c1-3-29-22(28)19-13(2)25-23-26(20(19)15-6-7-16-17(10-15)31-12-30-16)21(27)18(32-23)9-14-5-4-8-24-11-14/h4-11,20H,3,12H2,1-2H3/b18-9-/t20-/m1/s1. The first kappa shape index (κ1) is 20.2. The van der Waals surface area contributed by atoms with Crippen molar-refractivity contribution < 1.29 is 19.0 Å². The molecule has 0 saturated carbocycles. The van der Waals surface area contributed by atoms with Crippen molar-refractivity contribution in [2.75, 3.05) is 13.4 Å². The van der Waals surface area contributed by atoms with E-state index in [2.05, 4.69) is 9.98 Å². The summed E-state index contributed by atoms with van der Waals surface area (Å²) >= 11 is 1.27. The summed E-state index contributed by atoms with van der Waals surface area (Å²) in [6.07, 6.45) is 5.13. The lowest BCUT2D eigenvalue weighted by atomic mass is 9.95. The van der Waals surface area contributed by atoms with Gasteiger partial charge < -0.3 is 14.2 Å². The second kappa shape index (κ2) is 8.08. The smallest absolute Gasteiger partial charge is 0.338 e. The van der Waals surface area contributed by atoms with Crippen LogP contribution in [0.4, 0.5) is 0 Å². The Hall–Kier alpha value is -3.72. The lowest BCUT2D eigenvalue weighted by Gasteiger charge is -2.24. The van der Waals surface area contributed by atoms with Gasteiger partial charge in [0, 0.05) is 12.4 Å². The molecule has 3 aromatic rings. The highest BCUT2D eigenvalue weighted by Crippen LogP contribution is 2.38. The van der Waals surface area contributed by atoms with E-state index in [1.54, 1.807) is 55.1 Å². The van der Waals surface area contributed by atoms with Gasteiger partial charge in [0.1, 0.15) is 0 Å². The SMILES string of the molecule is CCOC(=O)C1=C(C)N=c2s/c(=C\c3cccnc3)c(=O)n2[C@@H]1c1ccc2c(c1)OCO2. The average Bonchev–Trinajstić information content (AvgIpc) is 3.37. The number of allylic oxidation sites excluding steroid dienone is 1. The third-order valence-corrected chi connectivity index (χ3v) is 6.19. The minimum atomic E-state index is -0.698. The van der Waals surface area contributed by atoms with Gasteiger partial charge in [-0.3, -0.25) is 14.3 Å². The van der Waals surface area contributed by atoms with E-state index in [9.17, 15) is 9.59 Å². The Kier molecular flexibility index (Phi) is 5.10. The number of fused-ring (bicyclic) bond motifs is 2. The molecule has 0 bridgehead atoms. The van der Waals surface area contributed by atoms with Crippen LogP contribution >= 0.6 is 11.3 Å². The second-order valence-corrected chi connectivity index (χ2v) is 8.21. The molecule has 162 valence electrons. The van der Waals surface area contributed by atoms with E-state index in [0.717, 1.165) is 5.56 Å². The summed E-state index contributed by atoms with van der Waals surface area (Å²) in [5, 5.41) is 0. The molecule has 0 amide bonds. The molecular formula is C23H19N3O5S. The third-order valence-electron chi connectivity index (χ3n) is 5.21. The third kappa shape index (κ3) is 3.40. The summed E-state index contributed by atoms with van der Waals surface area (Å²) in [4.78, 5) is 35.6. The maximum atomic E-state index is 13.5. The van der Waals surface area contributed by atoms with E-state index < -0.39 is 12.0 Å². The van der Waals surface area contributed by atoms with Crippen LogP contribution in [-0.4, -0.2) is 28.9 Å². The largest absolute Gasteiger partial charge is 0.463 e. The van der Waals surface area contributed by atoms with E-state index in [-0.39, 0.29) is 19.0 Å². The van der Waals surface area contributed by atoms with Gasteiger partial charge in [0.15, 0.2) is 16.3 Å². The number of hydrogen-bond acceptors (Lipinski definition) is 8. The van der Waals surface area contributed by atoms with Gasteiger partial charge in [-0.15, -0.1) is 0 Å². The lowest BCUT2D eigenvalue weighted by Crippen LogP contribution is -2.39. The molecule has 1 aromatic carbocycles. The summed E-state index contributed by atoms with van der Waals surface area (Å²) in [7, 11) is 0. The molecule has 2 aromatic heterocycles. The van der Waals surface area contributed by atoms with Crippen molar-refractivity contribution in [2.45, 2.75) is 19.9 Å². The quantitative estimate of drug-likeness (QED) is 0.565. The summed E-state index contributed by atoms with van der Waals surface area (Å²) in [6, 6.07) is 8.38. The molecule has 4 heterocycles. The van der Waals surface area contributed by atoms with E-state index in [4.69, 9.17) is 14.2 Å². The molecule has 1 atom stereocenters. The van der Waals surface area contributed by atoms with Crippen molar-refractivity contribution in [1.29, 1.82) is 0 Å². The van der Waals surface area contributed by atoms with Crippen molar-refractivity contribution in [3.05, 3.63) is 84.8 Å². The molecule has 2 aliphatic rings. The number of pyridine rings is 1. The lowest BCUT2D eigenvalue weighted by molar-refractivity contribution is -0.139. The summed E-state index contributed by atoms with van der Waals surface area (Å²) in [6.45, 7) is 3.85. The highest BCUT2D eigenvalue weighted by Gasteiger charge is 2.34. The average molecular weight is 449 g/mol. The van der Waals surface area contributed by atoms with Crippen LogP contribution in [0.3, 0.4) is 0 Å². The monoisotopic (exact) mass is 449 g/mol. The van der Waals surface area contributed by atoms with Crippen LogP contribution in [0.15, 0.2) is 63.8 Å². The van der Waals surface area contributed by atoms with E-state index in [1.165, 1.54) is 11.3 Å². The number of esters is 1. The van der Waals surface area contributed by atoms with Crippen molar-refractivity contribution in [3.63, 3.8) is 0 Å². The number of nitrogens with zero attached hydrogens (tertiary/aromatic N) is 3. The Morgan fingerprint density at radius 3 is 2.94 bits per heavy atom. The van der Waals surface area contributed by atoms with Gasteiger partial charge >= 0.3 is 5.97 Å². The van der Waals surface area contributed by atoms with Crippen LogP contribution < -0.4 is 24.4 Å². The molecule has 0 fully saturated rings. The number of rotatable bonds is 4. The van der Waals surface area contributed by atoms with Crippen molar-refractivity contribution >= 4 is 23.4 Å². The number of carbonyl (C=O) groups is 1. The number of hydrogen-bond donors (Lipinski definition) is 0. The molecule has 8 nitrogen and oxygen atoms in total. The molecule has 0 saturated heterocycles. The molecule has 2 aliphatic heterocycles. The molecular weight excluding hydrogens is 430 g/mol. The number of aromatic nitrogens is 2. The first-order chi connectivity index (χ1) is 15.6. The van der Waals surface area contributed by atoms with Gasteiger partial charge in [-0.2, -0.15) is 0 Å². The van der Waals surface area contributed by atoms with Gasteiger partial charge in [0.25, 0.3) is 5.56 Å². The predicted molar refractivity (Wildman–Crippen MR) is 117 cm³/mol. The first-order valence-corrected chi connectivity index (χ1v) is 10.9. The van der Waals surface area contributed by atoms with Crippen LogP contribution in [0.1, 0.15) is 31.0 Å². The molecule has 5 rings (SSSR count). The molecule has 0 N–H and O–H groups in total. The van der Waals surface area contributed by atoms with Crippen molar-refractivity contribution in [3.8, 4) is 11.5 Å². The number of benzene rings is 1. The van der Waals surface area contributed by atoms with Crippen molar-refractivity contribution in [2.24, 2.45) is 4.99 Å². The van der Waals surface area contributed by atoms with Gasteiger partial charge in [-0.1, -0.05) is 23.5 Å². The Balaban J connectivity index is 1.73. The fourth-order valence-corrected chi connectivity index (χ4v) is 4.85. The maximum absolute atomic E-state index is 13.5. The highest BCUT2D eigenvalue weighted by molar-refractivity contribution is 7.07. The number of ether oxygens (including phenoxy) is 3. The van der Waals surface area contributed by atoms with Gasteiger partial charge in [-0.05, 0) is 49.2 Å². The molecule has 32 heavy (non-hydrogen) atoms. The van der Waals surface area contributed by atoms with E-state index in [1.807, 2.05) is 12.1 Å². The zero-order chi connectivity index (χ0) is 22.2. The summed E-state index contributed by atoms with van der Waals surface area (Å²) in [5.41, 5.74) is 2.11. The second-order valence-electron chi connectivity index (χ2n) is 7.20. The topological polar surface area (TPSA) is 92.0 Å². The Labute approximate surface area is 186 Å². The van der Waals surface area contributed by atoms with Crippen molar-refractivity contribution in [1.82, 2.24) is 9.55 Å². The fourth-order valence-electron chi connectivity index (χ4n) is 3.80. The molecule has 0 radical (unpaired) electrons. The van der Waals surface area contributed by atoms with Crippen LogP contribution in [0.5, 0.6) is 11.5 Å². The van der Waals surface area contributed by atoms with Gasteiger partial charge in [-0.25, -0.2) is 9.79 Å². The van der Waals surface area contributed by atoms with Crippen LogP contribution in [-0.2, 0) is 9.53 Å². The zero-order valence-corrected chi connectivity index (χ0v) is 18.2. The summed E-state index contributed by atoms with van der Waals surface area (Å²) < 4.78 is 18.3. The fraction of sp³-hybridized carbons (Fsp3) is 0.217. The van der Waals surface area contributed by atoms with Crippen LogP contribution in [0, 0.1) is 0 Å². The highest BCUT2D eigenvalue weighted by atomic mass is 32.1. The minimum absolute atomic E-state index is 0.131.